The van der Waals surface area contributed by atoms with Gasteiger partial charge in [-0.3, -0.25) is 4.98 Å². The second-order valence-electron chi connectivity index (χ2n) is 2.19. The predicted octanol–water partition coefficient (Wildman–Crippen LogP) is 1.88. The van der Waals surface area contributed by atoms with Crippen LogP contribution in [0.3, 0.4) is 0 Å². The number of hydrogen-bond acceptors (Lipinski definition) is 2. The van der Waals surface area contributed by atoms with E-state index in [1.807, 2.05) is 0 Å². The number of hydrogen-bond donors (Lipinski definition) is 1. The van der Waals surface area contributed by atoms with Gasteiger partial charge in [0.05, 0.1) is 5.02 Å². The Morgan fingerprint density at radius 2 is 2.27 bits per heavy atom. The lowest BCUT2D eigenvalue weighted by Crippen LogP contribution is -1.96. The minimum Gasteiger partial charge on any atom is -0.428 e. The summed E-state index contributed by atoms with van der Waals surface area (Å²) in [6.07, 6.45) is 3.08. The van der Waals surface area contributed by atoms with Crippen LogP contribution in [0.2, 0.25) is 5.02 Å². The predicted molar refractivity (Wildman–Crippen MR) is 41.0 cm³/mol. The second-order valence-corrected chi connectivity index (χ2v) is 2.59. The molecule has 2 heterocycles. The molecule has 2 rings (SSSR count). The molecule has 3 nitrogen and oxygen atoms in total. The molecule has 0 bridgehead atoms. The van der Waals surface area contributed by atoms with Crippen LogP contribution in [0.4, 0.5) is 0 Å². The van der Waals surface area contributed by atoms with Crippen molar-refractivity contribution in [1.29, 1.82) is 0 Å². The summed E-state index contributed by atoms with van der Waals surface area (Å²) in [5, 5.41) is 9.75. The SMILES string of the molecule is On1ccc(Cl)c2nccc1-2. The lowest BCUT2D eigenvalue weighted by atomic mass is 10.3. The van der Waals surface area contributed by atoms with Gasteiger partial charge in [-0.25, -0.2) is 0 Å². The third kappa shape index (κ3) is 0.851. The third-order valence-electron chi connectivity index (χ3n) is 1.51. The highest BCUT2D eigenvalue weighted by atomic mass is 35.5. The monoisotopic (exact) mass is 168 g/mol. The van der Waals surface area contributed by atoms with E-state index in [9.17, 15) is 5.21 Å². The Hall–Kier alpha value is -1.22. The molecule has 2 aliphatic rings. The van der Waals surface area contributed by atoms with Crippen molar-refractivity contribution in [2.24, 2.45) is 0 Å². The molecule has 0 aromatic carbocycles. The highest BCUT2D eigenvalue weighted by molar-refractivity contribution is 6.33. The molecule has 0 aromatic heterocycles. The first-order chi connectivity index (χ1) is 5.29. The van der Waals surface area contributed by atoms with Gasteiger partial charge in [-0.15, -0.1) is 0 Å². The fraction of sp³-hybridized carbons (Fsp3) is 0. The Balaban J connectivity index is 2.82. The number of pyridine rings is 1. The summed E-state index contributed by atoms with van der Waals surface area (Å²) >= 11 is 5.78. The first-order valence-electron chi connectivity index (χ1n) is 3.10. The van der Waals surface area contributed by atoms with Gasteiger partial charge in [0.15, 0.2) is 0 Å². The quantitative estimate of drug-likeness (QED) is 0.610. The zero-order valence-electron chi connectivity index (χ0n) is 5.53. The van der Waals surface area contributed by atoms with E-state index in [0.29, 0.717) is 16.4 Å². The summed E-state index contributed by atoms with van der Waals surface area (Å²) in [6.45, 7) is 0. The zero-order chi connectivity index (χ0) is 7.84. The molecule has 1 N–H and O–H groups in total. The summed E-state index contributed by atoms with van der Waals surface area (Å²) in [5.41, 5.74) is 1.24. The zero-order valence-corrected chi connectivity index (χ0v) is 6.28. The van der Waals surface area contributed by atoms with E-state index in [4.69, 9.17) is 11.6 Å². The van der Waals surface area contributed by atoms with Gasteiger partial charge in [0, 0.05) is 12.4 Å². The molecule has 0 spiro atoms. The number of aromatic nitrogens is 2. The highest BCUT2D eigenvalue weighted by Crippen LogP contribution is 2.26. The van der Waals surface area contributed by atoms with Crippen LogP contribution in [0, 0.1) is 0 Å². The highest BCUT2D eigenvalue weighted by Gasteiger charge is 2.10. The summed E-state index contributed by atoms with van der Waals surface area (Å²) in [5.74, 6) is 0. The van der Waals surface area contributed by atoms with Crippen molar-refractivity contribution >= 4 is 11.6 Å². The molecule has 0 fully saturated rings. The van der Waals surface area contributed by atoms with E-state index >= 15 is 0 Å². The standard InChI is InChI=1S/C7H5ClN2O/c8-5-2-4-10(11)6-1-3-9-7(5)6/h1-4,11H. The van der Waals surface area contributed by atoms with E-state index in [2.05, 4.69) is 4.98 Å². The first kappa shape index (κ1) is 6.49. The Bertz CT molecular complexity index is 325. The van der Waals surface area contributed by atoms with E-state index in [-0.39, 0.29) is 0 Å². The van der Waals surface area contributed by atoms with Crippen molar-refractivity contribution in [2.75, 3.05) is 0 Å². The lowest BCUT2D eigenvalue weighted by Gasteiger charge is -2.04. The van der Waals surface area contributed by atoms with Crippen molar-refractivity contribution in [3.05, 3.63) is 29.5 Å². The van der Waals surface area contributed by atoms with Crippen LogP contribution in [0.5, 0.6) is 0 Å². The first-order valence-corrected chi connectivity index (χ1v) is 3.47. The molecule has 0 radical (unpaired) electrons. The van der Waals surface area contributed by atoms with Crippen molar-refractivity contribution < 1.29 is 5.21 Å². The van der Waals surface area contributed by atoms with E-state index in [0.717, 1.165) is 4.73 Å². The molecule has 11 heavy (non-hydrogen) atoms. The summed E-state index contributed by atoms with van der Waals surface area (Å²) in [4.78, 5) is 3.97. The van der Waals surface area contributed by atoms with Gasteiger partial charge in [0.2, 0.25) is 0 Å². The Morgan fingerprint density at radius 3 is 3.00 bits per heavy atom. The number of rotatable bonds is 0. The Kier molecular flexibility index (Phi) is 1.26. The number of fused-ring (bicyclic) bond motifs is 1. The Morgan fingerprint density at radius 1 is 1.45 bits per heavy atom. The largest absolute Gasteiger partial charge is 0.428 e. The second kappa shape index (κ2) is 2.13. The van der Waals surface area contributed by atoms with Crippen LogP contribution in [0.1, 0.15) is 0 Å². The van der Waals surface area contributed by atoms with E-state index < -0.39 is 0 Å². The minimum absolute atomic E-state index is 0.551. The topological polar surface area (TPSA) is 38.0 Å². The average molecular weight is 169 g/mol. The van der Waals surface area contributed by atoms with Crippen LogP contribution in [0.25, 0.3) is 11.4 Å². The maximum atomic E-state index is 9.20. The summed E-state index contributed by atoms with van der Waals surface area (Å²) in [6, 6.07) is 3.29. The molecule has 0 aliphatic carbocycles. The van der Waals surface area contributed by atoms with Crippen LogP contribution in [0.15, 0.2) is 24.5 Å². The maximum absolute atomic E-state index is 9.20. The Labute approximate surface area is 68.2 Å². The van der Waals surface area contributed by atoms with Gasteiger partial charge < -0.3 is 5.21 Å². The van der Waals surface area contributed by atoms with Gasteiger partial charge in [-0.2, -0.15) is 4.73 Å². The average Bonchev–Trinajstić information content (AvgIpc) is 2.45. The van der Waals surface area contributed by atoms with Crippen molar-refractivity contribution in [2.45, 2.75) is 0 Å². The molecule has 2 aliphatic heterocycles. The molecule has 0 saturated carbocycles. The molecule has 0 saturated heterocycles. The smallest absolute Gasteiger partial charge is 0.109 e. The molecular formula is C7H5ClN2O. The lowest BCUT2D eigenvalue weighted by molar-refractivity contribution is 0.189. The van der Waals surface area contributed by atoms with Crippen molar-refractivity contribution in [1.82, 2.24) is 9.71 Å². The fourth-order valence-electron chi connectivity index (χ4n) is 0.992. The maximum Gasteiger partial charge on any atom is 0.109 e. The number of halogens is 1. The van der Waals surface area contributed by atoms with Gasteiger partial charge >= 0.3 is 0 Å². The third-order valence-corrected chi connectivity index (χ3v) is 1.82. The van der Waals surface area contributed by atoms with Gasteiger partial charge in [0.1, 0.15) is 11.4 Å². The van der Waals surface area contributed by atoms with Crippen molar-refractivity contribution in [3.63, 3.8) is 0 Å². The normalized spacial score (nSPS) is 10.6. The molecular weight excluding hydrogens is 164 g/mol. The minimum atomic E-state index is 0.551. The van der Waals surface area contributed by atoms with Gasteiger partial charge in [-0.1, -0.05) is 11.6 Å². The molecule has 56 valence electrons. The van der Waals surface area contributed by atoms with Crippen LogP contribution >= 0.6 is 11.6 Å². The van der Waals surface area contributed by atoms with E-state index in [1.54, 1.807) is 18.3 Å². The fourth-order valence-corrected chi connectivity index (χ4v) is 1.19. The molecule has 4 heteroatoms. The van der Waals surface area contributed by atoms with E-state index in [1.165, 1.54) is 6.20 Å². The molecule has 0 atom stereocenters. The van der Waals surface area contributed by atoms with Gasteiger partial charge in [0.25, 0.3) is 0 Å². The number of nitrogens with zero attached hydrogens (tertiary/aromatic N) is 2. The summed E-state index contributed by atoms with van der Waals surface area (Å²) in [7, 11) is 0. The van der Waals surface area contributed by atoms with Crippen LogP contribution < -0.4 is 0 Å². The molecule has 0 amide bonds. The van der Waals surface area contributed by atoms with Crippen molar-refractivity contribution in [3.8, 4) is 11.4 Å². The molecule has 0 aromatic rings. The summed E-state index contributed by atoms with van der Waals surface area (Å²) < 4.78 is 0.994. The molecule has 0 unspecified atom stereocenters. The van der Waals surface area contributed by atoms with Crippen LogP contribution in [-0.4, -0.2) is 14.9 Å². The van der Waals surface area contributed by atoms with Gasteiger partial charge in [-0.05, 0) is 12.1 Å². The van der Waals surface area contributed by atoms with Crippen LogP contribution in [-0.2, 0) is 0 Å².